The third kappa shape index (κ3) is 5.56. The topological polar surface area (TPSA) is 57.3 Å². The number of allylic oxidation sites excluding steroid dienone is 4. The van der Waals surface area contributed by atoms with E-state index >= 15 is 0 Å². The second-order valence-corrected chi connectivity index (χ2v) is 7.23. The normalized spacial score (nSPS) is 13.8. The molecule has 1 aliphatic rings. The third-order valence-corrected chi connectivity index (χ3v) is 4.87. The fourth-order valence-corrected chi connectivity index (χ4v) is 3.10. The summed E-state index contributed by atoms with van der Waals surface area (Å²) in [6.45, 7) is 6.98. The van der Waals surface area contributed by atoms with Crippen LogP contribution < -0.4 is 10.6 Å². The second kappa shape index (κ2) is 9.87. The number of urea groups is 1. The lowest BCUT2D eigenvalue weighted by Crippen LogP contribution is -2.32. The van der Waals surface area contributed by atoms with Gasteiger partial charge in [-0.2, -0.15) is 0 Å². The molecule has 0 saturated heterocycles. The van der Waals surface area contributed by atoms with Gasteiger partial charge in [0.2, 0.25) is 0 Å². The minimum Gasteiger partial charge on any atom is -0.368 e. The van der Waals surface area contributed by atoms with Gasteiger partial charge in [0.25, 0.3) is 0 Å². The van der Waals surface area contributed by atoms with E-state index in [4.69, 9.17) is 0 Å². The van der Waals surface area contributed by atoms with E-state index in [1.165, 1.54) is 12.1 Å². The van der Waals surface area contributed by atoms with Gasteiger partial charge < -0.3 is 10.6 Å². The van der Waals surface area contributed by atoms with Gasteiger partial charge in [-0.15, -0.1) is 0 Å². The molecule has 2 amide bonds. The van der Waals surface area contributed by atoms with Crippen LogP contribution in [-0.2, 0) is 6.42 Å². The molecule has 2 N–H and O–H groups in total. The van der Waals surface area contributed by atoms with Crippen molar-refractivity contribution in [3.05, 3.63) is 83.5 Å². The second-order valence-electron chi connectivity index (χ2n) is 7.23. The monoisotopic (exact) mass is 406 g/mol. The lowest BCUT2D eigenvalue weighted by atomic mass is 10.1. The molecule has 0 fully saturated rings. The highest BCUT2D eigenvalue weighted by atomic mass is 19.1. The molecule has 0 bridgehead atoms. The number of pyridine rings is 1. The summed E-state index contributed by atoms with van der Waals surface area (Å²) in [6.07, 6.45) is 8.38. The molecule has 1 aliphatic heterocycles. The van der Waals surface area contributed by atoms with Gasteiger partial charge in [-0.25, -0.2) is 14.2 Å². The molecule has 0 saturated carbocycles. The number of aromatic nitrogens is 1. The fraction of sp³-hybridized carbons (Fsp3) is 0.250. The van der Waals surface area contributed by atoms with E-state index < -0.39 is 0 Å². The number of anilines is 2. The van der Waals surface area contributed by atoms with Crippen molar-refractivity contribution >= 4 is 23.1 Å². The van der Waals surface area contributed by atoms with E-state index in [0.29, 0.717) is 31.0 Å². The number of carbonyl (C=O) groups excluding carboxylic acids is 1. The SMILES string of the molecule is CC=C(C)c1ccc(NC(=O)N2C=C(C)C=CC2)c(NCCc2cccc(F)c2)n1. The minimum absolute atomic E-state index is 0.218. The average molecular weight is 407 g/mol. The predicted molar refractivity (Wildman–Crippen MR) is 121 cm³/mol. The number of hydrogen-bond donors (Lipinski definition) is 2. The largest absolute Gasteiger partial charge is 0.368 e. The fourth-order valence-electron chi connectivity index (χ4n) is 3.10. The summed E-state index contributed by atoms with van der Waals surface area (Å²) in [6, 6.07) is 10.1. The highest BCUT2D eigenvalue weighted by Crippen LogP contribution is 2.24. The molecule has 2 aromatic rings. The predicted octanol–water partition coefficient (Wildman–Crippen LogP) is 5.61. The van der Waals surface area contributed by atoms with Crippen molar-refractivity contribution in [3.63, 3.8) is 0 Å². The number of halogens is 1. The molecule has 1 aromatic carbocycles. The first kappa shape index (κ1) is 21.3. The maximum Gasteiger partial charge on any atom is 0.326 e. The van der Waals surface area contributed by atoms with Gasteiger partial charge in [-0.3, -0.25) is 4.90 Å². The molecular weight excluding hydrogens is 379 g/mol. The van der Waals surface area contributed by atoms with Gasteiger partial charge in [0, 0.05) is 19.3 Å². The van der Waals surface area contributed by atoms with Crippen molar-refractivity contribution in [2.45, 2.75) is 27.2 Å². The number of benzene rings is 1. The van der Waals surface area contributed by atoms with Crippen LogP contribution in [0.2, 0.25) is 0 Å². The summed E-state index contributed by atoms with van der Waals surface area (Å²) in [4.78, 5) is 19.0. The molecule has 156 valence electrons. The van der Waals surface area contributed by atoms with Crippen LogP contribution in [0.1, 0.15) is 32.0 Å². The van der Waals surface area contributed by atoms with Gasteiger partial charge >= 0.3 is 6.03 Å². The summed E-state index contributed by atoms with van der Waals surface area (Å²) in [5.41, 5.74) is 4.39. The molecule has 0 spiro atoms. The summed E-state index contributed by atoms with van der Waals surface area (Å²) in [5, 5.41) is 6.24. The van der Waals surface area contributed by atoms with Crippen molar-refractivity contribution in [3.8, 4) is 0 Å². The van der Waals surface area contributed by atoms with E-state index in [9.17, 15) is 9.18 Å². The number of hydrogen-bond acceptors (Lipinski definition) is 3. The van der Waals surface area contributed by atoms with Crippen LogP contribution in [0.15, 0.2) is 66.4 Å². The Balaban J connectivity index is 1.76. The van der Waals surface area contributed by atoms with Gasteiger partial charge in [0.1, 0.15) is 5.82 Å². The standard InChI is InChI=1S/C24H27FN4O/c1-4-18(3)21-10-11-22(28-24(30)29-14-6-7-17(2)16-29)23(27-21)26-13-12-19-8-5-9-20(25)15-19/h4-11,15-16H,12-14H2,1-3H3,(H,26,27)(H,28,30). The molecule has 0 atom stereocenters. The molecule has 5 nitrogen and oxygen atoms in total. The van der Waals surface area contributed by atoms with Gasteiger partial charge in [-0.1, -0.05) is 30.4 Å². The first-order valence-corrected chi connectivity index (χ1v) is 10.0. The van der Waals surface area contributed by atoms with Gasteiger partial charge in [0.15, 0.2) is 5.82 Å². The lowest BCUT2D eigenvalue weighted by molar-refractivity contribution is 0.231. The first-order chi connectivity index (χ1) is 14.5. The van der Waals surface area contributed by atoms with Gasteiger partial charge in [-0.05, 0) is 68.2 Å². The summed E-state index contributed by atoms with van der Waals surface area (Å²) >= 11 is 0. The smallest absolute Gasteiger partial charge is 0.326 e. The average Bonchev–Trinajstić information content (AvgIpc) is 2.74. The number of carbonyl (C=O) groups is 1. The Hall–Kier alpha value is -3.41. The Morgan fingerprint density at radius 3 is 2.87 bits per heavy atom. The van der Waals surface area contributed by atoms with Crippen molar-refractivity contribution in [1.82, 2.24) is 9.88 Å². The zero-order valence-electron chi connectivity index (χ0n) is 17.6. The van der Waals surface area contributed by atoms with E-state index in [1.807, 2.05) is 63.4 Å². The zero-order chi connectivity index (χ0) is 21.5. The molecule has 3 rings (SSSR count). The molecule has 2 heterocycles. The molecule has 1 aromatic heterocycles. The van der Waals surface area contributed by atoms with Crippen LogP contribution in [0.25, 0.3) is 5.57 Å². The van der Waals surface area contributed by atoms with Crippen LogP contribution in [0.3, 0.4) is 0 Å². The van der Waals surface area contributed by atoms with Gasteiger partial charge in [0.05, 0.1) is 11.4 Å². The van der Waals surface area contributed by atoms with E-state index in [2.05, 4.69) is 15.6 Å². The Labute approximate surface area is 177 Å². The maximum atomic E-state index is 13.4. The lowest BCUT2D eigenvalue weighted by Gasteiger charge is -2.22. The van der Waals surface area contributed by atoms with Crippen LogP contribution >= 0.6 is 0 Å². The van der Waals surface area contributed by atoms with Crippen LogP contribution in [0.5, 0.6) is 0 Å². The number of nitrogens with one attached hydrogen (secondary N) is 2. The molecule has 6 heteroatoms. The van der Waals surface area contributed by atoms with Crippen LogP contribution in [0, 0.1) is 5.82 Å². The summed E-state index contributed by atoms with van der Waals surface area (Å²) in [7, 11) is 0. The minimum atomic E-state index is -0.247. The number of amides is 2. The molecule has 0 radical (unpaired) electrons. The molecule has 30 heavy (non-hydrogen) atoms. The zero-order valence-corrected chi connectivity index (χ0v) is 17.6. The number of nitrogens with zero attached hydrogens (tertiary/aromatic N) is 2. The number of rotatable bonds is 6. The summed E-state index contributed by atoms with van der Waals surface area (Å²) < 4.78 is 13.4. The Bertz CT molecular complexity index is 1010. The third-order valence-electron chi connectivity index (χ3n) is 4.87. The van der Waals surface area contributed by atoms with Crippen molar-refractivity contribution in [1.29, 1.82) is 0 Å². The van der Waals surface area contributed by atoms with Crippen LogP contribution in [-0.4, -0.2) is 29.0 Å². The Morgan fingerprint density at radius 1 is 1.30 bits per heavy atom. The van der Waals surface area contributed by atoms with E-state index in [0.717, 1.165) is 22.4 Å². The Morgan fingerprint density at radius 2 is 2.13 bits per heavy atom. The molecular formula is C24H27FN4O. The van der Waals surface area contributed by atoms with Crippen molar-refractivity contribution in [2.75, 3.05) is 23.7 Å². The van der Waals surface area contributed by atoms with Crippen molar-refractivity contribution < 1.29 is 9.18 Å². The molecule has 0 unspecified atom stereocenters. The molecule has 0 aliphatic carbocycles. The Kier molecular flexibility index (Phi) is 7.01. The highest BCUT2D eigenvalue weighted by Gasteiger charge is 2.15. The summed E-state index contributed by atoms with van der Waals surface area (Å²) in [5.74, 6) is 0.343. The van der Waals surface area contributed by atoms with Crippen LogP contribution in [0.4, 0.5) is 20.7 Å². The maximum absolute atomic E-state index is 13.4. The van der Waals surface area contributed by atoms with Crippen molar-refractivity contribution in [2.24, 2.45) is 0 Å². The van der Waals surface area contributed by atoms with E-state index in [-0.39, 0.29) is 11.8 Å². The quantitative estimate of drug-likeness (QED) is 0.656. The van der Waals surface area contributed by atoms with E-state index in [1.54, 1.807) is 11.0 Å². The highest BCUT2D eigenvalue weighted by molar-refractivity contribution is 5.93. The first-order valence-electron chi connectivity index (χ1n) is 10.0.